The Morgan fingerprint density at radius 1 is 1.00 bits per heavy atom. The minimum absolute atomic E-state index is 0.798. The first-order valence-electron chi connectivity index (χ1n) is 6.73. The minimum atomic E-state index is 0.798. The molecule has 1 N–H and O–H groups in total. The molecule has 102 valence electrons. The Hall–Kier alpha value is -1.35. The van der Waals surface area contributed by atoms with Gasteiger partial charge in [-0.25, -0.2) is 0 Å². The number of fused-ring (bicyclic) bond motifs is 1. The lowest BCUT2D eigenvalue weighted by Crippen LogP contribution is -2.16. The molecule has 0 aliphatic carbocycles. The van der Waals surface area contributed by atoms with Gasteiger partial charge in [0.15, 0.2) is 0 Å². The highest BCUT2D eigenvalue weighted by molar-refractivity contribution is 7.17. The van der Waals surface area contributed by atoms with Crippen molar-refractivity contribution in [2.45, 2.75) is 13.0 Å². The van der Waals surface area contributed by atoms with Gasteiger partial charge in [0, 0.05) is 16.3 Å². The third kappa shape index (κ3) is 3.21. The van der Waals surface area contributed by atoms with Crippen molar-refractivity contribution in [3.8, 4) is 0 Å². The van der Waals surface area contributed by atoms with Gasteiger partial charge in [-0.3, -0.25) is 0 Å². The molecular formula is C17H16ClNS. The van der Waals surface area contributed by atoms with Crippen molar-refractivity contribution in [3.05, 3.63) is 70.1 Å². The van der Waals surface area contributed by atoms with E-state index in [0.717, 1.165) is 24.5 Å². The van der Waals surface area contributed by atoms with Crippen LogP contribution in [0.2, 0.25) is 5.02 Å². The lowest BCUT2D eigenvalue weighted by atomic mass is 10.1. The number of rotatable bonds is 5. The molecule has 0 unspecified atom stereocenters. The number of thiophene rings is 1. The molecule has 3 aromatic rings. The minimum Gasteiger partial charge on any atom is -0.312 e. The zero-order valence-electron chi connectivity index (χ0n) is 11.1. The summed E-state index contributed by atoms with van der Waals surface area (Å²) in [5.74, 6) is 0. The van der Waals surface area contributed by atoms with Crippen LogP contribution < -0.4 is 5.32 Å². The zero-order valence-corrected chi connectivity index (χ0v) is 12.7. The summed E-state index contributed by atoms with van der Waals surface area (Å²) in [4.78, 5) is 0. The fourth-order valence-corrected chi connectivity index (χ4v) is 3.37. The van der Waals surface area contributed by atoms with Gasteiger partial charge >= 0.3 is 0 Å². The normalized spacial score (nSPS) is 11.1. The topological polar surface area (TPSA) is 12.0 Å². The molecule has 0 saturated carbocycles. The molecule has 0 bridgehead atoms. The molecule has 20 heavy (non-hydrogen) atoms. The van der Waals surface area contributed by atoms with Crippen molar-refractivity contribution in [3.63, 3.8) is 0 Å². The summed E-state index contributed by atoms with van der Waals surface area (Å²) >= 11 is 7.70. The highest BCUT2D eigenvalue weighted by atomic mass is 35.5. The molecule has 0 radical (unpaired) electrons. The second-order valence-corrected chi connectivity index (χ2v) is 6.16. The van der Waals surface area contributed by atoms with Crippen LogP contribution in [0.1, 0.15) is 11.1 Å². The Labute approximate surface area is 128 Å². The van der Waals surface area contributed by atoms with Gasteiger partial charge < -0.3 is 5.32 Å². The van der Waals surface area contributed by atoms with E-state index in [-0.39, 0.29) is 0 Å². The molecule has 0 atom stereocenters. The largest absolute Gasteiger partial charge is 0.312 e. The monoisotopic (exact) mass is 301 g/mol. The third-order valence-electron chi connectivity index (χ3n) is 3.38. The molecule has 0 aliphatic rings. The van der Waals surface area contributed by atoms with Gasteiger partial charge in [-0.1, -0.05) is 41.9 Å². The quantitative estimate of drug-likeness (QED) is 0.662. The maximum Gasteiger partial charge on any atom is 0.0406 e. The first kappa shape index (κ1) is 13.6. The van der Waals surface area contributed by atoms with E-state index in [9.17, 15) is 0 Å². The van der Waals surface area contributed by atoms with E-state index in [4.69, 9.17) is 11.6 Å². The molecule has 3 heteroatoms. The smallest absolute Gasteiger partial charge is 0.0406 e. The standard InChI is InChI=1S/C17H16ClNS/c18-15-7-5-13(6-8-15)9-10-19-11-14-12-20-17-4-2-1-3-16(14)17/h1-8,12,19H,9-11H2. The second kappa shape index (κ2) is 6.40. The Morgan fingerprint density at radius 2 is 1.80 bits per heavy atom. The van der Waals surface area contributed by atoms with Crippen LogP contribution in [0.25, 0.3) is 10.1 Å². The average molecular weight is 302 g/mol. The first-order valence-corrected chi connectivity index (χ1v) is 7.99. The van der Waals surface area contributed by atoms with Gasteiger partial charge in [-0.15, -0.1) is 11.3 Å². The van der Waals surface area contributed by atoms with Crippen LogP contribution in [-0.2, 0) is 13.0 Å². The fourth-order valence-electron chi connectivity index (χ4n) is 2.28. The van der Waals surface area contributed by atoms with Crippen LogP contribution in [-0.4, -0.2) is 6.54 Å². The Kier molecular flexibility index (Phi) is 4.36. The fraction of sp³-hybridized carbons (Fsp3) is 0.176. The van der Waals surface area contributed by atoms with E-state index >= 15 is 0 Å². The van der Waals surface area contributed by atoms with Gasteiger partial charge in [0.25, 0.3) is 0 Å². The summed E-state index contributed by atoms with van der Waals surface area (Å²) in [5.41, 5.74) is 2.71. The number of hydrogen-bond donors (Lipinski definition) is 1. The van der Waals surface area contributed by atoms with E-state index < -0.39 is 0 Å². The van der Waals surface area contributed by atoms with Crippen molar-refractivity contribution in [2.75, 3.05) is 6.54 Å². The summed E-state index contributed by atoms with van der Waals surface area (Å²) in [6.07, 6.45) is 1.03. The molecule has 0 aliphatic heterocycles. The lowest BCUT2D eigenvalue weighted by molar-refractivity contribution is 0.691. The first-order chi connectivity index (χ1) is 9.83. The SMILES string of the molecule is Clc1ccc(CCNCc2csc3ccccc23)cc1. The van der Waals surface area contributed by atoms with Crippen LogP contribution in [0.3, 0.4) is 0 Å². The van der Waals surface area contributed by atoms with Crippen LogP contribution in [0, 0.1) is 0 Å². The van der Waals surface area contributed by atoms with Crippen LogP contribution in [0.4, 0.5) is 0 Å². The van der Waals surface area contributed by atoms with Crippen molar-refractivity contribution in [2.24, 2.45) is 0 Å². The number of halogens is 1. The summed E-state index contributed by atoms with van der Waals surface area (Å²) in [5, 5.41) is 7.94. The molecule has 1 aromatic heterocycles. The van der Waals surface area contributed by atoms with Crippen molar-refractivity contribution >= 4 is 33.0 Å². The number of hydrogen-bond acceptors (Lipinski definition) is 2. The molecule has 3 rings (SSSR count). The summed E-state index contributed by atoms with van der Waals surface area (Å²) in [7, 11) is 0. The maximum atomic E-state index is 5.88. The molecule has 0 fully saturated rings. The Balaban J connectivity index is 1.54. The number of nitrogens with one attached hydrogen (secondary N) is 1. The molecule has 0 spiro atoms. The lowest BCUT2D eigenvalue weighted by Gasteiger charge is -2.04. The van der Waals surface area contributed by atoms with Crippen LogP contribution >= 0.6 is 22.9 Å². The maximum absolute atomic E-state index is 5.88. The molecular weight excluding hydrogens is 286 g/mol. The van der Waals surface area contributed by atoms with E-state index in [2.05, 4.69) is 47.1 Å². The highest BCUT2D eigenvalue weighted by Gasteiger charge is 2.02. The van der Waals surface area contributed by atoms with Crippen LogP contribution in [0.5, 0.6) is 0 Å². The molecule has 0 amide bonds. The molecule has 0 saturated heterocycles. The van der Waals surface area contributed by atoms with Crippen molar-refractivity contribution in [1.29, 1.82) is 0 Å². The Bertz CT molecular complexity index is 688. The molecule has 2 aromatic carbocycles. The predicted octanol–water partition coefficient (Wildman–Crippen LogP) is 4.89. The van der Waals surface area contributed by atoms with Gasteiger partial charge in [0.05, 0.1) is 0 Å². The average Bonchev–Trinajstić information content (AvgIpc) is 2.89. The van der Waals surface area contributed by atoms with Crippen LogP contribution in [0.15, 0.2) is 53.9 Å². The van der Waals surface area contributed by atoms with Gasteiger partial charge in [0.2, 0.25) is 0 Å². The Morgan fingerprint density at radius 3 is 2.65 bits per heavy atom. The summed E-state index contributed by atoms with van der Waals surface area (Å²) < 4.78 is 1.36. The van der Waals surface area contributed by atoms with E-state index in [1.165, 1.54) is 21.2 Å². The third-order valence-corrected chi connectivity index (χ3v) is 4.64. The predicted molar refractivity (Wildman–Crippen MR) is 88.7 cm³/mol. The second-order valence-electron chi connectivity index (χ2n) is 4.81. The molecule has 1 heterocycles. The van der Waals surface area contributed by atoms with Gasteiger partial charge in [0.1, 0.15) is 0 Å². The van der Waals surface area contributed by atoms with Crippen molar-refractivity contribution in [1.82, 2.24) is 5.32 Å². The van der Waals surface area contributed by atoms with Gasteiger partial charge in [-0.05, 0) is 53.1 Å². The summed E-state index contributed by atoms with van der Waals surface area (Å²) in [6.45, 7) is 1.91. The number of benzene rings is 2. The van der Waals surface area contributed by atoms with Gasteiger partial charge in [-0.2, -0.15) is 0 Å². The van der Waals surface area contributed by atoms with Crippen molar-refractivity contribution < 1.29 is 0 Å². The van der Waals surface area contributed by atoms with E-state index in [1.54, 1.807) is 0 Å². The van der Waals surface area contributed by atoms with E-state index in [0.29, 0.717) is 0 Å². The molecule has 1 nitrogen and oxygen atoms in total. The zero-order chi connectivity index (χ0) is 13.8. The highest BCUT2D eigenvalue weighted by Crippen LogP contribution is 2.25. The summed E-state index contributed by atoms with van der Waals surface area (Å²) in [6, 6.07) is 16.6. The van der Waals surface area contributed by atoms with E-state index in [1.807, 2.05) is 23.5 Å².